The van der Waals surface area contributed by atoms with Crippen LogP contribution in [0.5, 0.6) is 5.75 Å². The predicted molar refractivity (Wildman–Crippen MR) is 112 cm³/mol. The van der Waals surface area contributed by atoms with E-state index in [4.69, 9.17) is 4.74 Å². The molecule has 1 fully saturated rings. The molecule has 2 atom stereocenters. The zero-order chi connectivity index (χ0) is 20.4. The lowest BCUT2D eigenvalue weighted by atomic mass is 9.93. The molecule has 2 aliphatic heterocycles. The average Bonchev–Trinajstić information content (AvgIpc) is 3.24. The first-order chi connectivity index (χ1) is 14.1. The van der Waals surface area contributed by atoms with Crippen LogP contribution in [0.15, 0.2) is 54.7 Å². The zero-order valence-electron chi connectivity index (χ0n) is 16.9. The summed E-state index contributed by atoms with van der Waals surface area (Å²) in [4.78, 5) is 29.2. The van der Waals surface area contributed by atoms with Gasteiger partial charge < -0.3 is 14.5 Å². The summed E-state index contributed by atoms with van der Waals surface area (Å²) in [6.45, 7) is 2.30. The molecule has 5 heteroatoms. The summed E-state index contributed by atoms with van der Waals surface area (Å²) >= 11 is 0. The molecule has 0 unspecified atom stereocenters. The lowest BCUT2D eigenvalue weighted by molar-refractivity contribution is -0.135. The maximum atomic E-state index is 13.3. The Morgan fingerprint density at radius 2 is 1.86 bits per heavy atom. The van der Waals surface area contributed by atoms with E-state index in [1.165, 1.54) is 0 Å². The van der Waals surface area contributed by atoms with Crippen molar-refractivity contribution in [2.75, 3.05) is 13.7 Å². The highest BCUT2D eigenvalue weighted by Gasteiger charge is 2.34. The van der Waals surface area contributed by atoms with Crippen LogP contribution in [0.4, 0.5) is 0 Å². The monoisotopic (exact) mass is 390 g/mol. The fourth-order valence-corrected chi connectivity index (χ4v) is 4.43. The third kappa shape index (κ3) is 3.77. The van der Waals surface area contributed by atoms with Gasteiger partial charge in [0, 0.05) is 19.7 Å². The molecular formula is C24H26N2O3. The molecule has 150 valence electrons. The number of methoxy groups -OCH3 is 1. The molecule has 4 rings (SSSR count). The summed E-state index contributed by atoms with van der Waals surface area (Å²) < 4.78 is 5.25. The summed E-state index contributed by atoms with van der Waals surface area (Å²) in [6.07, 6.45) is 5.96. The minimum absolute atomic E-state index is 0.0540. The lowest BCUT2D eigenvalue weighted by Gasteiger charge is -2.34. The second-order valence-corrected chi connectivity index (χ2v) is 7.61. The molecule has 0 radical (unpaired) electrons. The van der Waals surface area contributed by atoms with E-state index in [2.05, 4.69) is 0 Å². The largest absolute Gasteiger partial charge is 0.497 e. The number of hydrogen-bond donors (Lipinski definition) is 0. The Kier molecular flexibility index (Phi) is 5.38. The molecule has 2 aliphatic rings. The smallest absolute Gasteiger partial charge is 0.225 e. The third-order valence-corrected chi connectivity index (χ3v) is 5.91. The normalized spacial score (nSPS) is 20.5. The predicted octanol–water partition coefficient (Wildman–Crippen LogP) is 4.32. The Morgan fingerprint density at radius 3 is 2.59 bits per heavy atom. The number of likely N-dealkylation sites (tertiary alicyclic amines) is 1. The van der Waals surface area contributed by atoms with Crippen molar-refractivity contribution in [2.24, 2.45) is 0 Å². The third-order valence-electron chi connectivity index (χ3n) is 5.91. The van der Waals surface area contributed by atoms with Crippen LogP contribution in [0, 0.1) is 0 Å². The number of ether oxygens (including phenoxy) is 1. The fraction of sp³-hybridized carbons (Fsp3) is 0.333. The van der Waals surface area contributed by atoms with Crippen LogP contribution in [0.1, 0.15) is 55.0 Å². The average molecular weight is 390 g/mol. The molecule has 0 aromatic heterocycles. The fourth-order valence-electron chi connectivity index (χ4n) is 4.43. The topological polar surface area (TPSA) is 49.9 Å². The van der Waals surface area contributed by atoms with Crippen molar-refractivity contribution >= 4 is 17.9 Å². The van der Waals surface area contributed by atoms with Gasteiger partial charge in [-0.05, 0) is 47.7 Å². The molecule has 0 aliphatic carbocycles. The van der Waals surface area contributed by atoms with Crippen molar-refractivity contribution < 1.29 is 14.3 Å². The summed E-state index contributed by atoms with van der Waals surface area (Å²) in [5.41, 5.74) is 3.22. The lowest BCUT2D eigenvalue weighted by Crippen LogP contribution is -2.37. The maximum absolute atomic E-state index is 13.3. The molecule has 0 saturated carbocycles. The van der Waals surface area contributed by atoms with Crippen LogP contribution in [0.25, 0.3) is 6.08 Å². The van der Waals surface area contributed by atoms with Gasteiger partial charge in [0.15, 0.2) is 0 Å². The quantitative estimate of drug-likeness (QED) is 0.781. The van der Waals surface area contributed by atoms with Crippen LogP contribution < -0.4 is 4.74 Å². The molecule has 0 N–H and O–H groups in total. The van der Waals surface area contributed by atoms with Crippen LogP contribution >= 0.6 is 0 Å². The van der Waals surface area contributed by atoms with Crippen molar-refractivity contribution in [1.29, 1.82) is 0 Å². The molecule has 2 aromatic carbocycles. The van der Waals surface area contributed by atoms with Crippen LogP contribution in [-0.2, 0) is 9.59 Å². The summed E-state index contributed by atoms with van der Waals surface area (Å²) in [5, 5.41) is 0. The highest BCUT2D eigenvalue weighted by Crippen LogP contribution is 2.37. The van der Waals surface area contributed by atoms with Crippen LogP contribution in [-0.4, -0.2) is 35.3 Å². The number of benzene rings is 2. The van der Waals surface area contributed by atoms with E-state index in [9.17, 15) is 9.59 Å². The van der Waals surface area contributed by atoms with Gasteiger partial charge in [0.25, 0.3) is 0 Å². The van der Waals surface area contributed by atoms with E-state index in [1.54, 1.807) is 25.1 Å². The maximum Gasteiger partial charge on any atom is 0.225 e. The molecule has 29 heavy (non-hydrogen) atoms. The van der Waals surface area contributed by atoms with Crippen molar-refractivity contribution in [3.8, 4) is 5.75 Å². The molecule has 1 saturated heterocycles. The number of rotatable bonds is 4. The summed E-state index contributed by atoms with van der Waals surface area (Å²) in [7, 11) is 1.65. The number of hydrogen-bond acceptors (Lipinski definition) is 3. The van der Waals surface area contributed by atoms with Gasteiger partial charge in [0.2, 0.25) is 11.8 Å². The van der Waals surface area contributed by atoms with E-state index in [-0.39, 0.29) is 30.3 Å². The molecule has 0 spiro atoms. The number of nitrogens with zero attached hydrogens (tertiary/aromatic N) is 2. The molecule has 2 heterocycles. The molecule has 2 aromatic rings. The van der Waals surface area contributed by atoms with E-state index < -0.39 is 0 Å². The Balaban J connectivity index is 1.56. The summed E-state index contributed by atoms with van der Waals surface area (Å²) in [6, 6.07) is 15.7. The second-order valence-electron chi connectivity index (χ2n) is 7.61. The van der Waals surface area contributed by atoms with Gasteiger partial charge in [0.05, 0.1) is 25.6 Å². The summed E-state index contributed by atoms with van der Waals surface area (Å²) in [5.74, 6) is 0.846. The minimum Gasteiger partial charge on any atom is -0.497 e. The van der Waals surface area contributed by atoms with Gasteiger partial charge in [0.1, 0.15) is 5.75 Å². The Bertz CT molecular complexity index is 935. The first-order valence-corrected chi connectivity index (χ1v) is 10.1. The van der Waals surface area contributed by atoms with E-state index >= 15 is 0 Å². The van der Waals surface area contributed by atoms with E-state index in [0.717, 1.165) is 41.8 Å². The molecule has 5 nitrogen and oxygen atoms in total. The van der Waals surface area contributed by atoms with Gasteiger partial charge >= 0.3 is 0 Å². The van der Waals surface area contributed by atoms with Crippen molar-refractivity contribution in [3.63, 3.8) is 0 Å². The SMILES string of the molecule is COc1ccc([C@@H]2CCCN2C(=O)C[C@@H]2c3ccccc3C=CN2C(C)=O)cc1. The number of amides is 2. The highest BCUT2D eigenvalue weighted by molar-refractivity contribution is 5.82. The van der Waals surface area contributed by atoms with E-state index in [0.29, 0.717) is 0 Å². The van der Waals surface area contributed by atoms with Gasteiger partial charge in [-0.15, -0.1) is 0 Å². The van der Waals surface area contributed by atoms with E-state index in [1.807, 2.05) is 59.5 Å². The number of carbonyl (C=O) groups excluding carboxylic acids is 2. The van der Waals surface area contributed by atoms with Crippen molar-refractivity contribution in [3.05, 3.63) is 71.4 Å². The van der Waals surface area contributed by atoms with Gasteiger partial charge in [-0.2, -0.15) is 0 Å². The minimum atomic E-state index is -0.265. The number of fused-ring (bicyclic) bond motifs is 1. The van der Waals surface area contributed by atoms with Crippen LogP contribution in [0.2, 0.25) is 0 Å². The Hall–Kier alpha value is -3.08. The van der Waals surface area contributed by atoms with Gasteiger partial charge in [-0.1, -0.05) is 36.4 Å². The van der Waals surface area contributed by atoms with Crippen LogP contribution in [0.3, 0.4) is 0 Å². The van der Waals surface area contributed by atoms with Gasteiger partial charge in [-0.3, -0.25) is 9.59 Å². The zero-order valence-corrected chi connectivity index (χ0v) is 16.9. The second kappa shape index (κ2) is 8.11. The Labute approximate surface area is 171 Å². The Morgan fingerprint density at radius 1 is 1.10 bits per heavy atom. The van der Waals surface area contributed by atoms with Crippen molar-refractivity contribution in [1.82, 2.24) is 9.80 Å². The first-order valence-electron chi connectivity index (χ1n) is 10.1. The van der Waals surface area contributed by atoms with Crippen molar-refractivity contribution in [2.45, 2.75) is 38.3 Å². The highest BCUT2D eigenvalue weighted by atomic mass is 16.5. The molecule has 0 bridgehead atoms. The molecular weight excluding hydrogens is 364 g/mol. The number of carbonyl (C=O) groups is 2. The standard InChI is InChI=1S/C24H26N2O3/c1-17(27)25-15-13-18-6-3-4-7-21(18)23(25)16-24(28)26-14-5-8-22(26)19-9-11-20(29-2)12-10-19/h3-4,6-7,9-13,15,22-23H,5,8,14,16H2,1-2H3/t22-,23+/m0/s1. The molecule has 2 amide bonds. The van der Waals surface area contributed by atoms with Gasteiger partial charge in [-0.25, -0.2) is 0 Å². The first kappa shape index (κ1) is 19.2.